The molecule has 3 amide bonds. The Morgan fingerprint density at radius 2 is 2.03 bits per heavy atom. The zero-order valence-corrected chi connectivity index (χ0v) is 20.2. The van der Waals surface area contributed by atoms with E-state index in [2.05, 4.69) is 20.8 Å². The molecule has 0 saturated carbocycles. The number of aromatic nitrogens is 2. The van der Waals surface area contributed by atoms with Gasteiger partial charge in [0.15, 0.2) is 4.34 Å². The minimum absolute atomic E-state index is 0.0878. The highest BCUT2D eigenvalue weighted by Crippen LogP contribution is 2.42. The molecule has 5 N–H and O–H groups in total. The van der Waals surface area contributed by atoms with Gasteiger partial charge >= 0.3 is 5.97 Å². The smallest absolute Gasteiger partial charge is 0.352 e. The number of nitrogens with zero attached hydrogens (tertiary/aromatic N) is 3. The topological polar surface area (TPSA) is 168 Å². The highest BCUT2D eigenvalue weighted by molar-refractivity contribution is 8.01. The van der Waals surface area contributed by atoms with Crippen LogP contribution in [-0.2, 0) is 14.4 Å². The molecule has 2 aliphatic heterocycles. The van der Waals surface area contributed by atoms with E-state index in [0.717, 1.165) is 11.3 Å². The average Bonchev–Trinajstić information content (AvgIpc) is 3.33. The molecule has 3 atom stereocenters. The van der Waals surface area contributed by atoms with Gasteiger partial charge in [-0.1, -0.05) is 53.4 Å². The summed E-state index contributed by atoms with van der Waals surface area (Å²) in [4.78, 5) is 50.3. The lowest BCUT2D eigenvalue weighted by Gasteiger charge is -2.49. The minimum Gasteiger partial charge on any atom is -0.477 e. The van der Waals surface area contributed by atoms with Gasteiger partial charge in [-0.25, -0.2) is 4.79 Å². The molecule has 2 aliphatic rings. The third-order valence-electron chi connectivity index (χ3n) is 5.19. The standard InChI is InChI=1S/C20H20N6O5S3/c1-22-15(28)16-24-25-20(34-16)33-8-10-7-32-18-12(17(29)26(18)13(10)19(30)31)23-14(27)11(21)9-5-3-2-4-6-9/h2-6,11-12,18H,7-8,21H2,1H3,(H,22,28)(H,23,27)(H,30,31)/t11?,12?,18-/m0/s1. The summed E-state index contributed by atoms with van der Waals surface area (Å²) in [7, 11) is 1.49. The van der Waals surface area contributed by atoms with Crippen LogP contribution in [-0.4, -0.2) is 73.9 Å². The molecule has 3 heterocycles. The van der Waals surface area contributed by atoms with Gasteiger partial charge in [-0.05, 0) is 11.1 Å². The Labute approximate surface area is 206 Å². The van der Waals surface area contributed by atoms with E-state index in [4.69, 9.17) is 5.73 Å². The van der Waals surface area contributed by atoms with Crippen LogP contribution in [0.25, 0.3) is 0 Å². The summed E-state index contributed by atoms with van der Waals surface area (Å²) in [5.41, 5.74) is 7.09. The predicted octanol–water partition coefficient (Wildman–Crippen LogP) is 0.428. The number of amides is 3. The van der Waals surface area contributed by atoms with Crippen LogP contribution in [0.1, 0.15) is 21.4 Å². The van der Waals surface area contributed by atoms with Gasteiger partial charge in [0.1, 0.15) is 23.2 Å². The first-order chi connectivity index (χ1) is 16.3. The Morgan fingerprint density at radius 1 is 1.29 bits per heavy atom. The van der Waals surface area contributed by atoms with Crippen LogP contribution in [0, 0.1) is 0 Å². The number of carboxylic acid groups (broad SMARTS) is 1. The maximum Gasteiger partial charge on any atom is 0.352 e. The summed E-state index contributed by atoms with van der Waals surface area (Å²) in [6.45, 7) is 0. The highest BCUT2D eigenvalue weighted by atomic mass is 32.2. The number of nitrogens with two attached hydrogens (primary N) is 1. The van der Waals surface area contributed by atoms with Gasteiger partial charge in [-0.2, -0.15) is 0 Å². The number of carboxylic acids is 1. The van der Waals surface area contributed by atoms with Gasteiger partial charge in [-0.3, -0.25) is 19.3 Å². The second kappa shape index (κ2) is 10.1. The monoisotopic (exact) mass is 520 g/mol. The third-order valence-corrected chi connectivity index (χ3v) is 8.67. The number of thioether (sulfide) groups is 2. The van der Waals surface area contributed by atoms with Crippen molar-refractivity contribution in [3.05, 3.63) is 52.2 Å². The first-order valence-corrected chi connectivity index (χ1v) is 12.9. The van der Waals surface area contributed by atoms with Crippen LogP contribution in [0.5, 0.6) is 0 Å². The fraction of sp³-hybridized carbons (Fsp3) is 0.300. The molecule has 0 bridgehead atoms. The summed E-state index contributed by atoms with van der Waals surface area (Å²) >= 11 is 3.71. The SMILES string of the molecule is CNC(=O)c1nnc(SCC2=C(C(=O)O)N3C(=O)C(NC(=O)C(N)c4ccccc4)[C@@H]3SC2)s1. The number of benzene rings is 1. The van der Waals surface area contributed by atoms with E-state index in [9.17, 15) is 24.3 Å². The van der Waals surface area contributed by atoms with E-state index in [1.165, 1.54) is 35.5 Å². The lowest BCUT2D eigenvalue weighted by molar-refractivity contribution is -0.150. The van der Waals surface area contributed by atoms with Gasteiger partial charge in [0, 0.05) is 18.6 Å². The molecule has 34 heavy (non-hydrogen) atoms. The third kappa shape index (κ3) is 4.66. The van der Waals surface area contributed by atoms with Crippen molar-refractivity contribution < 1.29 is 24.3 Å². The molecule has 1 aromatic carbocycles. The van der Waals surface area contributed by atoms with E-state index in [1.54, 1.807) is 24.3 Å². The molecule has 11 nitrogen and oxygen atoms in total. The lowest BCUT2D eigenvalue weighted by Crippen LogP contribution is -2.71. The van der Waals surface area contributed by atoms with Crippen LogP contribution in [0.3, 0.4) is 0 Å². The van der Waals surface area contributed by atoms with Crippen LogP contribution in [0.4, 0.5) is 0 Å². The van der Waals surface area contributed by atoms with E-state index < -0.39 is 35.2 Å². The maximum atomic E-state index is 12.8. The molecule has 0 aliphatic carbocycles. The number of carbonyl (C=O) groups is 4. The number of hydrogen-bond acceptors (Lipinski definition) is 10. The predicted molar refractivity (Wildman–Crippen MR) is 127 cm³/mol. The summed E-state index contributed by atoms with van der Waals surface area (Å²) in [5, 5.41) is 22.4. The van der Waals surface area contributed by atoms with Crippen LogP contribution in [0.2, 0.25) is 0 Å². The summed E-state index contributed by atoms with van der Waals surface area (Å²) < 4.78 is 0.512. The Kier molecular flexibility index (Phi) is 7.21. The van der Waals surface area contributed by atoms with E-state index in [1.807, 2.05) is 6.07 Å². The van der Waals surface area contributed by atoms with Crippen molar-refractivity contribution in [1.29, 1.82) is 0 Å². The largest absolute Gasteiger partial charge is 0.477 e. The van der Waals surface area contributed by atoms with Crippen molar-refractivity contribution in [1.82, 2.24) is 25.7 Å². The van der Waals surface area contributed by atoms with E-state index >= 15 is 0 Å². The second-order valence-corrected chi connectivity index (χ2v) is 10.6. The van der Waals surface area contributed by atoms with Crippen LogP contribution in [0.15, 0.2) is 45.9 Å². The number of carbonyl (C=O) groups excluding carboxylic acids is 3. The van der Waals surface area contributed by atoms with Crippen molar-refractivity contribution in [3.8, 4) is 0 Å². The van der Waals surface area contributed by atoms with E-state index in [-0.39, 0.29) is 22.4 Å². The Hall–Kier alpha value is -2.94. The van der Waals surface area contributed by atoms with Crippen molar-refractivity contribution in [2.75, 3.05) is 18.6 Å². The number of aliphatic carboxylic acids is 1. The fourth-order valence-electron chi connectivity index (χ4n) is 3.46. The Bertz CT molecular complexity index is 1170. The number of hydrogen-bond donors (Lipinski definition) is 4. The van der Waals surface area contributed by atoms with Crippen molar-refractivity contribution >= 4 is 58.6 Å². The number of β-lactam (4-membered cyclic amide) rings is 1. The van der Waals surface area contributed by atoms with Gasteiger partial charge < -0.3 is 21.5 Å². The average molecular weight is 521 g/mol. The van der Waals surface area contributed by atoms with Crippen molar-refractivity contribution in [2.24, 2.45) is 5.73 Å². The molecule has 178 valence electrons. The summed E-state index contributed by atoms with van der Waals surface area (Å²) in [6.07, 6.45) is 0. The molecule has 1 saturated heterocycles. The van der Waals surface area contributed by atoms with E-state index in [0.29, 0.717) is 21.2 Å². The van der Waals surface area contributed by atoms with Gasteiger partial charge in [0.05, 0.1) is 0 Å². The normalized spacial score (nSPS) is 20.3. The first-order valence-electron chi connectivity index (χ1n) is 10.0. The van der Waals surface area contributed by atoms with Crippen LogP contribution < -0.4 is 16.4 Å². The van der Waals surface area contributed by atoms with Crippen molar-refractivity contribution in [3.63, 3.8) is 0 Å². The fourth-order valence-corrected chi connectivity index (χ4v) is 6.75. The number of rotatable bonds is 8. The Balaban J connectivity index is 1.44. The lowest BCUT2D eigenvalue weighted by atomic mass is 10.0. The molecule has 2 unspecified atom stereocenters. The molecule has 0 spiro atoms. The summed E-state index contributed by atoms with van der Waals surface area (Å²) in [5.74, 6) is -1.94. The highest BCUT2D eigenvalue weighted by Gasteiger charge is 2.54. The minimum atomic E-state index is -1.22. The van der Waals surface area contributed by atoms with Gasteiger partial charge in [0.25, 0.3) is 11.8 Å². The molecule has 2 aromatic rings. The van der Waals surface area contributed by atoms with Gasteiger partial charge in [0.2, 0.25) is 10.9 Å². The molecule has 14 heteroatoms. The molecule has 1 fully saturated rings. The maximum absolute atomic E-state index is 12.8. The van der Waals surface area contributed by atoms with Crippen molar-refractivity contribution in [2.45, 2.75) is 21.8 Å². The first kappa shape index (κ1) is 24.2. The molecular weight excluding hydrogens is 500 g/mol. The van der Waals surface area contributed by atoms with Crippen LogP contribution >= 0.6 is 34.9 Å². The molecule has 1 aromatic heterocycles. The summed E-state index contributed by atoms with van der Waals surface area (Å²) in [6, 6.07) is 6.99. The number of nitrogens with one attached hydrogen (secondary N) is 2. The zero-order valence-electron chi connectivity index (χ0n) is 17.8. The zero-order chi connectivity index (χ0) is 24.4. The second-order valence-electron chi connectivity index (χ2n) is 7.28. The number of fused-ring (bicyclic) bond motifs is 1. The van der Waals surface area contributed by atoms with Gasteiger partial charge in [-0.15, -0.1) is 22.0 Å². The molecule has 4 rings (SSSR count). The quantitative estimate of drug-likeness (QED) is 0.283. The molecular formula is C20H20N6O5S3. The Morgan fingerprint density at radius 3 is 2.71 bits per heavy atom. The molecule has 0 radical (unpaired) electrons.